The van der Waals surface area contributed by atoms with Gasteiger partial charge in [-0.3, -0.25) is 9.79 Å². The maximum Gasteiger partial charge on any atom is 0.227 e. The summed E-state index contributed by atoms with van der Waals surface area (Å²) >= 11 is 0. The van der Waals surface area contributed by atoms with Gasteiger partial charge in [0, 0.05) is 33.7 Å². The van der Waals surface area contributed by atoms with Crippen molar-refractivity contribution in [2.45, 2.75) is 40.5 Å². The fourth-order valence-electron chi connectivity index (χ4n) is 2.54. The van der Waals surface area contributed by atoms with Crippen LogP contribution in [0.5, 0.6) is 0 Å². The zero-order chi connectivity index (χ0) is 15.4. The minimum atomic E-state index is -0.446. The van der Waals surface area contributed by atoms with E-state index in [1.807, 2.05) is 13.8 Å². The molecule has 0 aliphatic carbocycles. The molecule has 21 heavy (non-hydrogen) atoms. The molecule has 0 saturated carbocycles. The molecule has 0 aromatic carbocycles. The van der Waals surface area contributed by atoms with E-state index < -0.39 is 5.41 Å². The number of guanidine groups is 1. The van der Waals surface area contributed by atoms with Gasteiger partial charge in [0.25, 0.3) is 0 Å². The highest BCUT2D eigenvalue weighted by Gasteiger charge is 2.34. The van der Waals surface area contributed by atoms with Crippen LogP contribution in [-0.4, -0.2) is 50.5 Å². The smallest absolute Gasteiger partial charge is 0.227 e. The Bertz CT molecular complexity index is 384. The van der Waals surface area contributed by atoms with E-state index >= 15 is 0 Å². The molecule has 0 radical (unpaired) electrons. The number of hydrogen-bond acceptors (Lipinski definition) is 2. The maximum atomic E-state index is 11.8. The van der Waals surface area contributed by atoms with Crippen molar-refractivity contribution in [3.63, 3.8) is 0 Å². The van der Waals surface area contributed by atoms with Crippen LogP contribution in [-0.2, 0) is 4.79 Å². The van der Waals surface area contributed by atoms with E-state index in [0.29, 0.717) is 12.0 Å². The average molecular weight is 410 g/mol. The van der Waals surface area contributed by atoms with Gasteiger partial charge in [-0.05, 0) is 32.1 Å². The van der Waals surface area contributed by atoms with Crippen molar-refractivity contribution in [3.8, 4) is 0 Å². The van der Waals surface area contributed by atoms with Crippen molar-refractivity contribution >= 4 is 35.8 Å². The molecule has 1 atom stereocenters. The molecule has 1 aliphatic rings. The summed E-state index contributed by atoms with van der Waals surface area (Å²) in [5.74, 6) is 0.944. The minimum Gasteiger partial charge on any atom is -0.359 e. The fourth-order valence-corrected chi connectivity index (χ4v) is 2.54. The van der Waals surface area contributed by atoms with E-state index in [9.17, 15) is 4.79 Å². The van der Waals surface area contributed by atoms with Gasteiger partial charge >= 0.3 is 0 Å². The largest absolute Gasteiger partial charge is 0.359 e. The zero-order valence-corrected chi connectivity index (χ0v) is 16.6. The molecule has 1 amide bonds. The fraction of sp³-hybridized carbons (Fsp3) is 0.867. The summed E-state index contributed by atoms with van der Waals surface area (Å²) in [6.07, 6.45) is 2.38. The van der Waals surface area contributed by atoms with Gasteiger partial charge in [-0.15, -0.1) is 24.0 Å². The second-order valence-electron chi connectivity index (χ2n) is 6.70. The number of carbonyl (C=O) groups excluding carboxylic acids is 1. The highest BCUT2D eigenvalue weighted by atomic mass is 127. The Morgan fingerprint density at radius 2 is 2.05 bits per heavy atom. The number of amides is 1. The second-order valence-corrected chi connectivity index (χ2v) is 6.70. The van der Waals surface area contributed by atoms with Gasteiger partial charge in [0.05, 0.1) is 5.41 Å². The van der Waals surface area contributed by atoms with Crippen LogP contribution in [0.25, 0.3) is 0 Å². The quantitative estimate of drug-likeness (QED) is 0.424. The minimum absolute atomic E-state index is 0. The topological polar surface area (TPSA) is 56.7 Å². The summed E-state index contributed by atoms with van der Waals surface area (Å²) in [7, 11) is 3.48. The van der Waals surface area contributed by atoms with Gasteiger partial charge in [0.1, 0.15) is 0 Å². The van der Waals surface area contributed by atoms with Crippen molar-refractivity contribution in [1.29, 1.82) is 0 Å². The van der Waals surface area contributed by atoms with E-state index in [4.69, 9.17) is 0 Å². The lowest BCUT2D eigenvalue weighted by Gasteiger charge is -2.28. The molecule has 6 heteroatoms. The Kier molecular flexibility index (Phi) is 7.99. The Balaban J connectivity index is 0.00000400. The molecular weight excluding hydrogens is 379 g/mol. The summed E-state index contributed by atoms with van der Waals surface area (Å²) in [4.78, 5) is 18.5. The lowest BCUT2D eigenvalue weighted by Crippen LogP contribution is -2.48. The van der Waals surface area contributed by atoms with Crippen LogP contribution in [0.3, 0.4) is 0 Å². The number of carbonyl (C=O) groups is 1. The highest BCUT2D eigenvalue weighted by Crippen LogP contribution is 2.32. The van der Waals surface area contributed by atoms with Gasteiger partial charge in [0.15, 0.2) is 5.96 Å². The molecule has 1 saturated heterocycles. The third-order valence-electron chi connectivity index (χ3n) is 4.45. The molecule has 1 rings (SSSR count). The standard InChI is InChI=1S/C15H30N4O.HI/c1-7-15(4)8-9-19(11-15)13(17-6)18-10-14(2,3)12(20)16-5;/h7-11H2,1-6H3,(H,16,20)(H,17,18);1H. The molecule has 0 spiro atoms. The third kappa shape index (κ3) is 5.30. The summed E-state index contributed by atoms with van der Waals surface area (Å²) in [5.41, 5.74) is -0.0631. The SMILES string of the molecule is CCC1(C)CCN(C(=NC)NCC(C)(C)C(=O)NC)C1.I. The summed E-state index contributed by atoms with van der Waals surface area (Å²) < 4.78 is 0. The number of nitrogens with zero attached hydrogens (tertiary/aromatic N) is 2. The van der Waals surface area contributed by atoms with Crippen molar-refractivity contribution in [2.24, 2.45) is 15.8 Å². The predicted molar refractivity (Wildman–Crippen MR) is 99.2 cm³/mol. The third-order valence-corrected chi connectivity index (χ3v) is 4.45. The molecule has 124 valence electrons. The Labute approximate surface area is 146 Å². The lowest BCUT2D eigenvalue weighted by atomic mass is 9.87. The van der Waals surface area contributed by atoms with E-state index in [2.05, 4.69) is 34.4 Å². The number of hydrogen-bond donors (Lipinski definition) is 2. The summed E-state index contributed by atoms with van der Waals surface area (Å²) in [6, 6.07) is 0. The van der Waals surface area contributed by atoms with Gasteiger partial charge < -0.3 is 15.5 Å². The molecule has 1 heterocycles. The van der Waals surface area contributed by atoms with Crippen molar-refractivity contribution in [1.82, 2.24) is 15.5 Å². The number of nitrogens with one attached hydrogen (secondary N) is 2. The zero-order valence-electron chi connectivity index (χ0n) is 14.2. The summed E-state index contributed by atoms with van der Waals surface area (Å²) in [5, 5.41) is 6.05. The first-order chi connectivity index (χ1) is 9.28. The maximum absolute atomic E-state index is 11.8. The van der Waals surface area contributed by atoms with Crippen molar-refractivity contribution < 1.29 is 4.79 Å². The molecule has 0 aromatic rings. The highest BCUT2D eigenvalue weighted by molar-refractivity contribution is 14.0. The Morgan fingerprint density at radius 3 is 2.48 bits per heavy atom. The van der Waals surface area contributed by atoms with Crippen LogP contribution in [0.15, 0.2) is 4.99 Å². The monoisotopic (exact) mass is 410 g/mol. The number of halogens is 1. The second kappa shape index (κ2) is 8.19. The molecule has 0 bridgehead atoms. The lowest BCUT2D eigenvalue weighted by molar-refractivity contribution is -0.128. The molecule has 5 nitrogen and oxygen atoms in total. The van der Waals surface area contributed by atoms with Crippen molar-refractivity contribution in [3.05, 3.63) is 0 Å². The molecule has 1 unspecified atom stereocenters. The van der Waals surface area contributed by atoms with Gasteiger partial charge in [-0.25, -0.2) is 0 Å². The van der Waals surface area contributed by atoms with Crippen molar-refractivity contribution in [2.75, 3.05) is 33.7 Å². The van der Waals surface area contributed by atoms with Gasteiger partial charge in [0.2, 0.25) is 5.91 Å². The average Bonchev–Trinajstić information content (AvgIpc) is 2.81. The van der Waals surface area contributed by atoms with E-state index in [0.717, 1.165) is 19.0 Å². The molecular formula is C15H31IN4O. The molecule has 0 aromatic heterocycles. The normalized spacial score (nSPS) is 22.8. The van der Waals surface area contributed by atoms with Gasteiger partial charge in [-0.1, -0.05) is 13.8 Å². The van der Waals surface area contributed by atoms with Crippen LogP contribution >= 0.6 is 24.0 Å². The molecule has 1 aliphatic heterocycles. The van der Waals surface area contributed by atoms with E-state index in [1.54, 1.807) is 14.1 Å². The van der Waals surface area contributed by atoms with E-state index in [1.165, 1.54) is 12.8 Å². The van der Waals surface area contributed by atoms with Crippen LogP contribution in [0.1, 0.15) is 40.5 Å². The number of rotatable bonds is 4. The first kappa shape index (κ1) is 20.5. The first-order valence-electron chi connectivity index (χ1n) is 7.46. The molecule has 1 fully saturated rings. The Hall–Kier alpha value is -0.530. The number of likely N-dealkylation sites (tertiary alicyclic amines) is 1. The van der Waals surface area contributed by atoms with E-state index in [-0.39, 0.29) is 29.9 Å². The Morgan fingerprint density at radius 1 is 1.43 bits per heavy atom. The van der Waals surface area contributed by atoms with Crippen LogP contribution in [0.2, 0.25) is 0 Å². The first-order valence-corrected chi connectivity index (χ1v) is 7.46. The van der Waals surface area contributed by atoms with Crippen LogP contribution < -0.4 is 10.6 Å². The summed E-state index contributed by atoms with van der Waals surface area (Å²) in [6.45, 7) is 11.1. The van der Waals surface area contributed by atoms with Crippen LogP contribution in [0.4, 0.5) is 0 Å². The van der Waals surface area contributed by atoms with Gasteiger partial charge in [-0.2, -0.15) is 0 Å². The molecule has 2 N–H and O–H groups in total. The number of aliphatic imine (C=N–C) groups is 1. The van der Waals surface area contributed by atoms with Crippen LogP contribution in [0, 0.1) is 10.8 Å². The predicted octanol–water partition coefficient (Wildman–Crippen LogP) is 2.07.